The molecule has 0 aliphatic carbocycles. The van der Waals surface area contributed by atoms with Crippen LogP contribution in [-0.4, -0.2) is 36.6 Å². The maximum Gasteiger partial charge on any atom is 0.290 e. The normalized spacial score (nSPS) is 14.9. The largest absolute Gasteiger partial charge is 0.493 e. The van der Waals surface area contributed by atoms with Crippen LogP contribution in [0.3, 0.4) is 0 Å². The van der Waals surface area contributed by atoms with Crippen molar-refractivity contribution in [2.24, 2.45) is 15.3 Å². The van der Waals surface area contributed by atoms with Gasteiger partial charge in [0.15, 0.2) is 11.4 Å². The third-order valence-electron chi connectivity index (χ3n) is 4.27. The van der Waals surface area contributed by atoms with Crippen molar-refractivity contribution in [3.63, 3.8) is 0 Å². The fourth-order valence-corrected chi connectivity index (χ4v) is 2.98. The molecule has 10 heteroatoms. The smallest absolute Gasteiger partial charge is 0.290 e. The van der Waals surface area contributed by atoms with Gasteiger partial charge in [0.25, 0.3) is 11.9 Å². The number of nitrogens with one attached hydrogen (secondary N) is 2. The molecule has 3 heterocycles. The van der Waals surface area contributed by atoms with Crippen LogP contribution in [0.25, 0.3) is 10.9 Å². The van der Waals surface area contributed by atoms with Gasteiger partial charge in [0, 0.05) is 10.9 Å². The van der Waals surface area contributed by atoms with E-state index in [0.29, 0.717) is 16.6 Å². The van der Waals surface area contributed by atoms with Gasteiger partial charge in [0.05, 0.1) is 11.2 Å². The summed E-state index contributed by atoms with van der Waals surface area (Å²) < 4.78 is 1.26. The molecule has 28 heavy (non-hydrogen) atoms. The molecule has 0 unspecified atom stereocenters. The van der Waals surface area contributed by atoms with Gasteiger partial charge in [-0.15, -0.1) is 20.4 Å². The summed E-state index contributed by atoms with van der Waals surface area (Å²) in [6, 6.07) is 14.5. The highest BCUT2D eigenvalue weighted by molar-refractivity contribution is 6.53. The minimum atomic E-state index is -0.327. The van der Waals surface area contributed by atoms with Crippen LogP contribution in [0.5, 0.6) is 5.88 Å². The number of nitrogens with zero attached hydrogens (tertiary/aromatic N) is 6. The molecule has 1 aliphatic rings. The SMILES string of the molecule is O=C1Nc2ccccc2C1=Nn1cnnc1N=Nc1c(O)[nH]c2ccccc12. The number of azo groups is 1. The number of aromatic hydroxyl groups is 1. The Kier molecular flexibility index (Phi) is 3.47. The number of aromatic amines is 1. The Morgan fingerprint density at radius 3 is 2.79 bits per heavy atom. The van der Waals surface area contributed by atoms with E-state index in [1.807, 2.05) is 36.4 Å². The molecular weight excluding hydrogens is 360 g/mol. The summed E-state index contributed by atoms with van der Waals surface area (Å²) >= 11 is 0. The van der Waals surface area contributed by atoms with Gasteiger partial charge >= 0.3 is 0 Å². The number of hydrogen-bond acceptors (Lipinski definition) is 7. The Labute approximate surface area is 157 Å². The molecule has 3 N–H and O–H groups in total. The first-order chi connectivity index (χ1) is 13.7. The predicted octanol–water partition coefficient (Wildman–Crippen LogP) is 3.08. The maximum atomic E-state index is 12.2. The number of anilines is 1. The molecule has 2 aromatic heterocycles. The van der Waals surface area contributed by atoms with Crippen LogP contribution in [0.4, 0.5) is 17.3 Å². The van der Waals surface area contributed by atoms with Gasteiger partial charge in [-0.2, -0.15) is 9.78 Å². The molecule has 0 spiro atoms. The molecule has 0 fully saturated rings. The highest BCUT2D eigenvalue weighted by Gasteiger charge is 2.26. The van der Waals surface area contributed by atoms with Gasteiger partial charge in [-0.25, -0.2) is 0 Å². The van der Waals surface area contributed by atoms with Crippen molar-refractivity contribution in [2.75, 3.05) is 5.32 Å². The summed E-state index contributed by atoms with van der Waals surface area (Å²) in [5.74, 6) is -0.368. The number of aromatic nitrogens is 4. The van der Waals surface area contributed by atoms with Crippen LogP contribution in [0.2, 0.25) is 0 Å². The number of benzene rings is 2. The van der Waals surface area contributed by atoms with E-state index in [9.17, 15) is 9.90 Å². The minimum absolute atomic E-state index is 0.0642. The number of para-hydroxylation sites is 2. The van der Waals surface area contributed by atoms with E-state index in [2.05, 4.69) is 35.8 Å². The Morgan fingerprint density at radius 2 is 1.86 bits per heavy atom. The lowest BCUT2D eigenvalue weighted by Crippen LogP contribution is -2.15. The zero-order valence-corrected chi connectivity index (χ0v) is 14.2. The first-order valence-electron chi connectivity index (χ1n) is 8.32. The molecule has 0 saturated carbocycles. The van der Waals surface area contributed by atoms with Gasteiger partial charge in [-0.1, -0.05) is 36.4 Å². The van der Waals surface area contributed by atoms with Crippen LogP contribution < -0.4 is 5.32 Å². The van der Waals surface area contributed by atoms with E-state index >= 15 is 0 Å². The zero-order chi connectivity index (χ0) is 19.1. The average Bonchev–Trinajstić information content (AvgIpc) is 3.36. The second kappa shape index (κ2) is 6.13. The van der Waals surface area contributed by atoms with Gasteiger partial charge in [-0.05, 0) is 12.1 Å². The number of carbonyl (C=O) groups is 1. The van der Waals surface area contributed by atoms with E-state index in [1.54, 1.807) is 12.1 Å². The van der Waals surface area contributed by atoms with Crippen molar-refractivity contribution >= 4 is 39.8 Å². The van der Waals surface area contributed by atoms with Gasteiger partial charge in [0.1, 0.15) is 6.33 Å². The number of rotatable bonds is 3. The minimum Gasteiger partial charge on any atom is -0.493 e. The molecule has 0 bridgehead atoms. The van der Waals surface area contributed by atoms with Gasteiger partial charge in [-0.3, -0.25) is 4.79 Å². The molecule has 0 saturated heterocycles. The second-order valence-electron chi connectivity index (χ2n) is 5.99. The van der Waals surface area contributed by atoms with Crippen molar-refractivity contribution in [2.45, 2.75) is 0 Å². The van der Waals surface area contributed by atoms with Crippen LogP contribution in [0.15, 0.2) is 70.2 Å². The monoisotopic (exact) mass is 372 g/mol. The lowest BCUT2D eigenvalue weighted by atomic mass is 10.1. The van der Waals surface area contributed by atoms with Crippen LogP contribution >= 0.6 is 0 Å². The molecule has 1 amide bonds. The van der Waals surface area contributed by atoms with Crippen LogP contribution in [0.1, 0.15) is 5.56 Å². The number of fused-ring (bicyclic) bond motifs is 2. The van der Waals surface area contributed by atoms with Crippen LogP contribution in [-0.2, 0) is 4.79 Å². The summed E-state index contributed by atoms with van der Waals surface area (Å²) in [7, 11) is 0. The van der Waals surface area contributed by atoms with Crippen molar-refractivity contribution in [3.8, 4) is 5.88 Å². The van der Waals surface area contributed by atoms with Crippen LogP contribution in [0, 0.1) is 0 Å². The average molecular weight is 372 g/mol. The predicted molar refractivity (Wildman–Crippen MR) is 101 cm³/mol. The van der Waals surface area contributed by atoms with Crippen molar-refractivity contribution in [1.29, 1.82) is 0 Å². The van der Waals surface area contributed by atoms with E-state index in [-0.39, 0.29) is 29.1 Å². The molecule has 1 aliphatic heterocycles. The molecular formula is C18H12N8O2. The van der Waals surface area contributed by atoms with E-state index in [0.717, 1.165) is 5.52 Å². The standard InChI is InChI=1S/C18H12N8O2/c27-16-14(10-5-1-3-7-12(10)20-16)22-24-18-23-19-9-26(18)25-15-11-6-2-4-8-13(11)21-17(15)28/h1-9,20,27H,(H,21,25,28). The maximum absolute atomic E-state index is 12.2. The van der Waals surface area contributed by atoms with Gasteiger partial charge < -0.3 is 15.4 Å². The summed E-state index contributed by atoms with van der Waals surface area (Å²) in [6.45, 7) is 0. The third-order valence-corrected chi connectivity index (χ3v) is 4.27. The highest BCUT2D eigenvalue weighted by Crippen LogP contribution is 2.35. The number of carbonyl (C=O) groups excluding carboxylic acids is 1. The number of H-pyrrole nitrogens is 1. The Hall–Kier alpha value is -4.34. The topological polar surface area (TPSA) is 133 Å². The first-order valence-corrected chi connectivity index (χ1v) is 8.32. The van der Waals surface area contributed by atoms with Crippen molar-refractivity contribution in [3.05, 3.63) is 60.4 Å². The summed E-state index contributed by atoms with van der Waals surface area (Å²) in [5, 5.41) is 33.6. The van der Waals surface area contributed by atoms with Crippen molar-refractivity contribution in [1.82, 2.24) is 19.9 Å². The van der Waals surface area contributed by atoms with Gasteiger partial charge in [0.2, 0.25) is 5.88 Å². The molecule has 5 rings (SSSR count). The second-order valence-corrected chi connectivity index (χ2v) is 5.99. The van der Waals surface area contributed by atoms with E-state index < -0.39 is 0 Å². The fraction of sp³-hybridized carbons (Fsp3) is 0. The zero-order valence-electron chi connectivity index (χ0n) is 14.2. The Morgan fingerprint density at radius 1 is 1.04 bits per heavy atom. The summed E-state index contributed by atoms with van der Waals surface area (Å²) in [4.78, 5) is 15.0. The van der Waals surface area contributed by atoms with Crippen molar-refractivity contribution < 1.29 is 9.90 Å². The molecule has 0 atom stereocenters. The fourth-order valence-electron chi connectivity index (χ4n) is 2.98. The highest BCUT2D eigenvalue weighted by atomic mass is 16.3. The molecule has 136 valence electrons. The Bertz CT molecular complexity index is 1280. The molecule has 2 aromatic carbocycles. The molecule has 10 nitrogen and oxygen atoms in total. The number of hydrogen-bond donors (Lipinski definition) is 3. The molecule has 4 aromatic rings. The van der Waals surface area contributed by atoms with E-state index in [1.165, 1.54) is 11.0 Å². The lowest BCUT2D eigenvalue weighted by Gasteiger charge is -1.98. The summed E-state index contributed by atoms with van der Waals surface area (Å²) in [5.41, 5.74) is 2.60. The lowest BCUT2D eigenvalue weighted by molar-refractivity contribution is -0.110. The Balaban J connectivity index is 1.53. The van der Waals surface area contributed by atoms with E-state index in [4.69, 9.17) is 0 Å². The number of amides is 1. The molecule has 0 radical (unpaired) electrons. The quantitative estimate of drug-likeness (QED) is 0.477. The third kappa shape index (κ3) is 2.51. The first kappa shape index (κ1) is 15.9. The summed E-state index contributed by atoms with van der Waals surface area (Å²) in [6.07, 6.45) is 1.32.